The molecule has 1 fully saturated rings. The Morgan fingerprint density at radius 3 is 3.14 bits per heavy atom. The van der Waals surface area contributed by atoms with Crippen molar-refractivity contribution in [3.63, 3.8) is 0 Å². The summed E-state index contributed by atoms with van der Waals surface area (Å²) in [6.07, 6.45) is 5.85. The van der Waals surface area contributed by atoms with Crippen LogP contribution in [0.2, 0.25) is 0 Å². The van der Waals surface area contributed by atoms with Crippen molar-refractivity contribution in [3.05, 3.63) is 42.1 Å². The molecule has 2 heterocycles. The number of rotatable bonds is 3. The van der Waals surface area contributed by atoms with Gasteiger partial charge < -0.3 is 9.47 Å². The van der Waals surface area contributed by atoms with E-state index < -0.39 is 0 Å². The SMILES string of the molecule is C(#Cc1cnc2ccccc2c1)CCOC1CCCCO1. The zero-order valence-electron chi connectivity index (χ0n) is 12.0. The van der Waals surface area contributed by atoms with Gasteiger partial charge in [-0.3, -0.25) is 4.98 Å². The molecule has 0 aliphatic carbocycles. The van der Waals surface area contributed by atoms with Gasteiger partial charge in [0.25, 0.3) is 0 Å². The molecule has 1 atom stereocenters. The van der Waals surface area contributed by atoms with Crippen molar-refractivity contribution in [2.24, 2.45) is 0 Å². The van der Waals surface area contributed by atoms with Crippen molar-refractivity contribution < 1.29 is 9.47 Å². The lowest BCUT2D eigenvalue weighted by Gasteiger charge is -2.22. The lowest BCUT2D eigenvalue weighted by atomic mass is 10.1. The molecule has 21 heavy (non-hydrogen) atoms. The van der Waals surface area contributed by atoms with E-state index in [0.29, 0.717) is 13.0 Å². The fourth-order valence-corrected chi connectivity index (χ4v) is 2.39. The zero-order valence-corrected chi connectivity index (χ0v) is 12.0. The van der Waals surface area contributed by atoms with E-state index in [9.17, 15) is 0 Å². The summed E-state index contributed by atoms with van der Waals surface area (Å²) in [6, 6.07) is 10.1. The van der Waals surface area contributed by atoms with Crippen LogP contribution in [0, 0.1) is 11.8 Å². The Labute approximate surface area is 125 Å². The number of para-hydroxylation sites is 1. The second-order valence-electron chi connectivity index (χ2n) is 5.14. The molecule has 0 spiro atoms. The van der Waals surface area contributed by atoms with E-state index >= 15 is 0 Å². The van der Waals surface area contributed by atoms with E-state index in [1.54, 1.807) is 0 Å². The maximum atomic E-state index is 5.65. The first-order valence-corrected chi connectivity index (χ1v) is 7.49. The number of nitrogens with zero attached hydrogens (tertiary/aromatic N) is 1. The molecule has 0 bridgehead atoms. The number of pyridine rings is 1. The summed E-state index contributed by atoms with van der Waals surface area (Å²) in [4.78, 5) is 4.40. The molecule has 1 aliphatic heterocycles. The second-order valence-corrected chi connectivity index (χ2v) is 5.14. The number of benzene rings is 1. The van der Waals surface area contributed by atoms with Crippen LogP contribution in [0.4, 0.5) is 0 Å². The molecule has 1 aromatic heterocycles. The van der Waals surface area contributed by atoms with Crippen molar-refractivity contribution in [2.45, 2.75) is 32.0 Å². The highest BCUT2D eigenvalue weighted by atomic mass is 16.7. The Morgan fingerprint density at radius 1 is 1.29 bits per heavy atom. The predicted octanol–water partition coefficient (Wildman–Crippen LogP) is 3.52. The zero-order chi connectivity index (χ0) is 14.3. The number of ether oxygens (including phenoxy) is 2. The molecular formula is C18H19NO2. The Kier molecular flexibility index (Phi) is 4.83. The van der Waals surface area contributed by atoms with Crippen LogP contribution in [0.15, 0.2) is 36.5 Å². The molecule has 0 radical (unpaired) electrons. The monoisotopic (exact) mass is 281 g/mol. The fraction of sp³-hybridized carbons (Fsp3) is 0.389. The first kappa shape index (κ1) is 14.1. The summed E-state index contributed by atoms with van der Waals surface area (Å²) in [7, 11) is 0. The topological polar surface area (TPSA) is 31.4 Å². The molecule has 3 heteroatoms. The minimum absolute atomic E-state index is 0.0251. The van der Waals surface area contributed by atoms with Crippen LogP contribution < -0.4 is 0 Å². The molecular weight excluding hydrogens is 262 g/mol. The Morgan fingerprint density at radius 2 is 2.24 bits per heavy atom. The highest BCUT2D eigenvalue weighted by Crippen LogP contribution is 2.14. The fourth-order valence-electron chi connectivity index (χ4n) is 2.39. The summed E-state index contributed by atoms with van der Waals surface area (Å²) in [5.41, 5.74) is 1.95. The maximum Gasteiger partial charge on any atom is 0.157 e. The van der Waals surface area contributed by atoms with Crippen molar-refractivity contribution >= 4 is 10.9 Å². The van der Waals surface area contributed by atoms with Crippen molar-refractivity contribution in [1.29, 1.82) is 0 Å². The third-order valence-electron chi connectivity index (χ3n) is 3.49. The maximum absolute atomic E-state index is 5.65. The van der Waals surface area contributed by atoms with E-state index in [0.717, 1.165) is 35.9 Å². The summed E-state index contributed by atoms with van der Waals surface area (Å²) in [5, 5.41) is 1.12. The van der Waals surface area contributed by atoms with Gasteiger partial charge in [-0.05, 0) is 31.4 Å². The predicted molar refractivity (Wildman–Crippen MR) is 82.8 cm³/mol. The van der Waals surface area contributed by atoms with Gasteiger partial charge in [0, 0.05) is 30.2 Å². The third-order valence-corrected chi connectivity index (χ3v) is 3.49. The average Bonchev–Trinajstić information content (AvgIpc) is 2.55. The van der Waals surface area contributed by atoms with Gasteiger partial charge in [-0.1, -0.05) is 30.0 Å². The molecule has 1 aliphatic rings. The van der Waals surface area contributed by atoms with Crippen molar-refractivity contribution in [1.82, 2.24) is 4.98 Å². The highest BCUT2D eigenvalue weighted by molar-refractivity contribution is 5.79. The Balaban J connectivity index is 1.51. The molecule has 1 aromatic carbocycles. The minimum atomic E-state index is -0.0251. The van der Waals surface area contributed by atoms with E-state index in [1.165, 1.54) is 6.42 Å². The molecule has 3 nitrogen and oxygen atoms in total. The molecule has 1 saturated heterocycles. The van der Waals surface area contributed by atoms with Gasteiger partial charge in [-0.2, -0.15) is 0 Å². The van der Waals surface area contributed by atoms with Gasteiger partial charge in [-0.15, -0.1) is 0 Å². The van der Waals surface area contributed by atoms with Crippen LogP contribution in [-0.2, 0) is 9.47 Å². The van der Waals surface area contributed by atoms with Crippen LogP contribution >= 0.6 is 0 Å². The lowest BCUT2D eigenvalue weighted by Crippen LogP contribution is -2.22. The number of hydrogen-bond acceptors (Lipinski definition) is 3. The third kappa shape index (κ3) is 4.04. The normalized spacial score (nSPS) is 18.2. The first-order chi connectivity index (χ1) is 10.4. The summed E-state index contributed by atoms with van der Waals surface area (Å²) >= 11 is 0. The van der Waals surface area contributed by atoms with Gasteiger partial charge in [-0.25, -0.2) is 0 Å². The molecule has 0 N–H and O–H groups in total. The van der Waals surface area contributed by atoms with E-state index in [4.69, 9.17) is 9.47 Å². The average molecular weight is 281 g/mol. The van der Waals surface area contributed by atoms with Gasteiger partial charge in [0.15, 0.2) is 6.29 Å². The molecule has 1 unspecified atom stereocenters. The molecule has 0 amide bonds. The molecule has 108 valence electrons. The standard InChI is InChI=1S/C18H19NO2/c1-2-9-17-16(8-1)13-15(14-19-17)7-3-5-11-20-18-10-4-6-12-21-18/h1-2,8-9,13-14,18H,4-6,10-12H2. The van der Waals surface area contributed by atoms with E-state index in [-0.39, 0.29) is 6.29 Å². The van der Waals surface area contributed by atoms with Crippen molar-refractivity contribution in [3.8, 4) is 11.8 Å². The van der Waals surface area contributed by atoms with Crippen LogP contribution in [0.1, 0.15) is 31.2 Å². The number of fused-ring (bicyclic) bond motifs is 1. The quantitative estimate of drug-likeness (QED) is 0.637. The second kappa shape index (κ2) is 7.21. The Bertz CT molecular complexity index is 651. The van der Waals surface area contributed by atoms with Crippen LogP contribution in [0.3, 0.4) is 0 Å². The van der Waals surface area contributed by atoms with Gasteiger partial charge in [0.2, 0.25) is 0 Å². The van der Waals surface area contributed by atoms with Crippen LogP contribution in [0.25, 0.3) is 10.9 Å². The Hall–Kier alpha value is -1.89. The van der Waals surface area contributed by atoms with Gasteiger partial charge in [0.05, 0.1) is 12.1 Å². The number of hydrogen-bond donors (Lipinski definition) is 0. The van der Waals surface area contributed by atoms with Crippen LogP contribution in [0.5, 0.6) is 0 Å². The summed E-state index contributed by atoms with van der Waals surface area (Å²) < 4.78 is 11.2. The van der Waals surface area contributed by atoms with Gasteiger partial charge in [0.1, 0.15) is 0 Å². The summed E-state index contributed by atoms with van der Waals surface area (Å²) in [6.45, 7) is 1.44. The highest BCUT2D eigenvalue weighted by Gasteiger charge is 2.12. The molecule has 2 aromatic rings. The largest absolute Gasteiger partial charge is 0.353 e. The summed E-state index contributed by atoms with van der Waals surface area (Å²) in [5.74, 6) is 6.28. The van der Waals surface area contributed by atoms with E-state index in [2.05, 4.69) is 29.0 Å². The van der Waals surface area contributed by atoms with Gasteiger partial charge >= 0.3 is 0 Å². The molecule has 3 rings (SSSR count). The minimum Gasteiger partial charge on any atom is -0.353 e. The van der Waals surface area contributed by atoms with Crippen molar-refractivity contribution in [2.75, 3.05) is 13.2 Å². The number of aromatic nitrogens is 1. The van der Waals surface area contributed by atoms with Crippen LogP contribution in [-0.4, -0.2) is 24.5 Å². The first-order valence-electron chi connectivity index (χ1n) is 7.49. The smallest absolute Gasteiger partial charge is 0.157 e. The molecule has 0 saturated carbocycles. The van der Waals surface area contributed by atoms with E-state index in [1.807, 2.05) is 24.4 Å². The lowest BCUT2D eigenvalue weighted by molar-refractivity contribution is -0.161.